The molecule has 0 aliphatic carbocycles. The molecule has 3 aromatic heterocycles. The van der Waals surface area contributed by atoms with E-state index in [0.29, 0.717) is 17.5 Å². The van der Waals surface area contributed by atoms with Gasteiger partial charge in [-0.1, -0.05) is 176 Å². The smallest absolute Gasteiger partial charge is 0.166 e. The van der Waals surface area contributed by atoms with E-state index in [2.05, 4.69) is 187 Å². The summed E-state index contributed by atoms with van der Waals surface area (Å²) in [5.74, 6) is 1.85. The first kappa shape index (κ1) is 35.9. The highest BCUT2D eigenvalue weighted by Gasteiger charge is 2.23. The Kier molecular flexibility index (Phi) is 8.65. The summed E-state index contributed by atoms with van der Waals surface area (Å²) in [4.78, 5) is 15.8. The van der Waals surface area contributed by atoms with Crippen LogP contribution in [-0.2, 0) is 0 Å². The summed E-state index contributed by atoms with van der Waals surface area (Å²) >= 11 is 1.85. The van der Waals surface area contributed by atoms with Gasteiger partial charge in [-0.3, -0.25) is 0 Å². The lowest BCUT2D eigenvalue weighted by Crippen LogP contribution is -2.04. The minimum Gasteiger partial charge on any atom is -0.308 e. The third-order valence-corrected chi connectivity index (χ3v) is 13.0. The fourth-order valence-corrected chi connectivity index (χ4v) is 10.1. The van der Waals surface area contributed by atoms with E-state index in [1.54, 1.807) is 0 Å². The Morgan fingerprint density at radius 3 is 1.48 bits per heavy atom. The first-order chi connectivity index (χ1) is 30.7. The van der Waals surface area contributed by atoms with Crippen molar-refractivity contribution in [3.05, 3.63) is 218 Å². The minimum absolute atomic E-state index is 0.603. The van der Waals surface area contributed by atoms with Crippen molar-refractivity contribution in [1.29, 1.82) is 0 Å². The second-order valence-electron chi connectivity index (χ2n) is 15.5. The Bertz CT molecular complexity index is 3560. The lowest BCUT2D eigenvalue weighted by Gasteiger charge is -2.17. The molecule has 0 bridgehead atoms. The van der Waals surface area contributed by atoms with Gasteiger partial charge in [0, 0.05) is 47.6 Å². The molecule has 12 rings (SSSR count). The second kappa shape index (κ2) is 14.9. The largest absolute Gasteiger partial charge is 0.308 e. The molecule has 0 saturated heterocycles. The molecule has 0 amide bonds. The molecule has 3 heterocycles. The van der Waals surface area contributed by atoms with Gasteiger partial charge in [0.1, 0.15) is 0 Å². The summed E-state index contributed by atoms with van der Waals surface area (Å²) in [5.41, 5.74) is 12.9. The number of fused-ring (bicyclic) bond motifs is 7. The van der Waals surface area contributed by atoms with E-state index in [4.69, 9.17) is 15.0 Å². The van der Waals surface area contributed by atoms with Crippen LogP contribution in [0.25, 0.3) is 115 Å². The summed E-state index contributed by atoms with van der Waals surface area (Å²) in [7, 11) is 0. The van der Waals surface area contributed by atoms with E-state index in [1.807, 2.05) is 47.7 Å². The summed E-state index contributed by atoms with van der Waals surface area (Å²) < 4.78 is 4.98. The molecule has 4 nitrogen and oxygen atoms in total. The molecule has 0 saturated carbocycles. The molecule has 0 unspecified atom stereocenters. The number of nitrogens with zero attached hydrogens (tertiary/aromatic N) is 4. The fraction of sp³-hybridized carbons (Fsp3) is 0. The topological polar surface area (TPSA) is 43.6 Å². The van der Waals surface area contributed by atoms with Crippen LogP contribution < -0.4 is 0 Å². The lowest BCUT2D eigenvalue weighted by molar-refractivity contribution is 1.06. The first-order valence-corrected chi connectivity index (χ1v) is 21.7. The molecule has 5 heteroatoms. The standard InChI is InChI=1S/C57H36N4S/c1-5-17-37(18-6-1)43-31-29-41(35-46(43)38-19-7-2-8-20-38)42-30-32-49(47(36-42)57-59-55(39-21-9-3-10-22-39)58-56(60-57)40-23-11-4-12-24-40)61-48-27-15-13-25-44(48)53-50(61)33-34-52-54(53)45-26-14-16-28-51(45)62-52/h1-36H. The van der Waals surface area contributed by atoms with Crippen LogP contribution in [0, 0.1) is 0 Å². The molecule has 62 heavy (non-hydrogen) atoms. The van der Waals surface area contributed by atoms with Crippen LogP contribution in [0.1, 0.15) is 0 Å². The first-order valence-electron chi connectivity index (χ1n) is 20.9. The highest BCUT2D eigenvalue weighted by atomic mass is 32.1. The highest BCUT2D eigenvalue weighted by molar-refractivity contribution is 7.26. The zero-order chi connectivity index (χ0) is 41.0. The van der Waals surface area contributed by atoms with Gasteiger partial charge in [-0.15, -0.1) is 11.3 Å². The number of aromatic nitrogens is 4. The second-order valence-corrected chi connectivity index (χ2v) is 16.6. The number of hydrogen-bond acceptors (Lipinski definition) is 4. The van der Waals surface area contributed by atoms with Gasteiger partial charge >= 0.3 is 0 Å². The molecule has 0 fully saturated rings. The normalized spacial score (nSPS) is 11.5. The van der Waals surface area contributed by atoms with Gasteiger partial charge in [0.2, 0.25) is 0 Å². The molecule has 0 atom stereocenters. The Labute approximate surface area is 362 Å². The van der Waals surface area contributed by atoms with E-state index < -0.39 is 0 Å². The van der Waals surface area contributed by atoms with Gasteiger partial charge in [-0.2, -0.15) is 0 Å². The Morgan fingerprint density at radius 1 is 0.306 bits per heavy atom. The molecular weight excluding hydrogens is 773 g/mol. The lowest BCUT2D eigenvalue weighted by atomic mass is 9.90. The van der Waals surface area contributed by atoms with Crippen LogP contribution >= 0.6 is 11.3 Å². The third-order valence-electron chi connectivity index (χ3n) is 11.9. The maximum Gasteiger partial charge on any atom is 0.166 e. The van der Waals surface area contributed by atoms with Crippen molar-refractivity contribution < 1.29 is 0 Å². The van der Waals surface area contributed by atoms with Crippen molar-refractivity contribution in [3.8, 4) is 73.2 Å². The van der Waals surface area contributed by atoms with Crippen molar-refractivity contribution in [3.63, 3.8) is 0 Å². The number of para-hydroxylation sites is 1. The Morgan fingerprint density at radius 2 is 0.823 bits per heavy atom. The molecule has 0 aliphatic rings. The fourth-order valence-electron chi connectivity index (χ4n) is 9.00. The van der Waals surface area contributed by atoms with Crippen molar-refractivity contribution in [2.75, 3.05) is 0 Å². The van der Waals surface area contributed by atoms with Gasteiger partial charge in [0.25, 0.3) is 0 Å². The summed E-state index contributed by atoms with van der Waals surface area (Å²) in [6, 6.07) is 77.5. The highest BCUT2D eigenvalue weighted by Crippen LogP contribution is 2.45. The molecule has 12 aromatic rings. The van der Waals surface area contributed by atoms with Gasteiger partial charge in [-0.05, 0) is 75.8 Å². The van der Waals surface area contributed by atoms with E-state index in [9.17, 15) is 0 Å². The number of hydrogen-bond donors (Lipinski definition) is 0. The zero-order valence-corrected chi connectivity index (χ0v) is 34.3. The van der Waals surface area contributed by atoms with E-state index in [1.165, 1.54) is 53.2 Å². The van der Waals surface area contributed by atoms with Crippen LogP contribution in [0.2, 0.25) is 0 Å². The van der Waals surface area contributed by atoms with Crippen LogP contribution in [0.4, 0.5) is 0 Å². The SMILES string of the molecule is c1ccc(-c2nc(-c3ccccc3)nc(-c3cc(-c4ccc(-c5ccccc5)c(-c5ccccc5)c4)ccc3-n3c4ccccc4c4c5c(ccc43)sc3ccccc35)n2)cc1. The van der Waals surface area contributed by atoms with Crippen molar-refractivity contribution >= 4 is 53.3 Å². The van der Waals surface area contributed by atoms with Crippen molar-refractivity contribution in [2.24, 2.45) is 0 Å². The summed E-state index contributed by atoms with van der Waals surface area (Å²) in [5, 5.41) is 5.03. The summed E-state index contributed by atoms with van der Waals surface area (Å²) in [6.45, 7) is 0. The monoisotopic (exact) mass is 808 g/mol. The average molecular weight is 809 g/mol. The molecule has 0 N–H and O–H groups in total. The molecule has 9 aromatic carbocycles. The van der Waals surface area contributed by atoms with Gasteiger partial charge in [-0.25, -0.2) is 15.0 Å². The van der Waals surface area contributed by atoms with E-state index in [-0.39, 0.29) is 0 Å². The van der Waals surface area contributed by atoms with E-state index in [0.717, 1.165) is 44.5 Å². The zero-order valence-electron chi connectivity index (χ0n) is 33.5. The summed E-state index contributed by atoms with van der Waals surface area (Å²) in [6.07, 6.45) is 0. The Hall–Kier alpha value is -7.99. The van der Waals surface area contributed by atoms with Crippen LogP contribution in [0.3, 0.4) is 0 Å². The molecule has 290 valence electrons. The molecule has 0 aliphatic heterocycles. The van der Waals surface area contributed by atoms with Crippen molar-refractivity contribution in [2.45, 2.75) is 0 Å². The number of thiophene rings is 1. The van der Waals surface area contributed by atoms with Gasteiger partial charge in [0.15, 0.2) is 17.5 Å². The van der Waals surface area contributed by atoms with Crippen LogP contribution in [0.15, 0.2) is 218 Å². The number of benzene rings is 9. The van der Waals surface area contributed by atoms with Gasteiger partial charge in [0.05, 0.1) is 16.7 Å². The third kappa shape index (κ3) is 6.09. The maximum absolute atomic E-state index is 5.33. The molecular formula is C57H36N4S. The van der Waals surface area contributed by atoms with Crippen LogP contribution in [0.5, 0.6) is 0 Å². The van der Waals surface area contributed by atoms with Crippen molar-refractivity contribution in [1.82, 2.24) is 19.5 Å². The van der Waals surface area contributed by atoms with E-state index >= 15 is 0 Å². The Balaban J connectivity index is 1.16. The average Bonchev–Trinajstić information content (AvgIpc) is 3.90. The quantitative estimate of drug-likeness (QED) is 0.161. The molecule has 0 spiro atoms. The maximum atomic E-state index is 5.33. The van der Waals surface area contributed by atoms with Crippen LogP contribution in [-0.4, -0.2) is 19.5 Å². The number of rotatable bonds is 7. The predicted octanol–water partition coefficient (Wildman–Crippen LogP) is 15.3. The minimum atomic E-state index is 0.603. The molecule has 0 radical (unpaired) electrons. The van der Waals surface area contributed by atoms with Gasteiger partial charge < -0.3 is 4.57 Å². The predicted molar refractivity (Wildman–Crippen MR) is 260 cm³/mol.